The zero-order chi connectivity index (χ0) is 17.5. The fourth-order valence-electron chi connectivity index (χ4n) is 2.37. The van der Waals surface area contributed by atoms with Crippen molar-refractivity contribution < 1.29 is 14.3 Å². The summed E-state index contributed by atoms with van der Waals surface area (Å²) in [6.45, 7) is 8.98. The lowest BCUT2D eigenvalue weighted by Crippen LogP contribution is -2.21. The van der Waals surface area contributed by atoms with E-state index in [1.165, 1.54) is 16.7 Å². The number of esters is 1. The predicted octanol–water partition coefficient (Wildman–Crippen LogP) is 4.62. The molecule has 0 radical (unpaired) electrons. The highest BCUT2D eigenvalue weighted by atomic mass is 16.7. The molecule has 0 saturated heterocycles. The molecular weight excluding hydrogens is 300 g/mol. The summed E-state index contributed by atoms with van der Waals surface area (Å²) < 4.78 is 10.7. The lowest BCUT2D eigenvalue weighted by atomic mass is 10.0. The molecule has 0 spiro atoms. The number of benzene rings is 2. The number of aryl methyl sites for hydroxylation is 3. The van der Waals surface area contributed by atoms with Gasteiger partial charge in [0.25, 0.3) is 0 Å². The Morgan fingerprint density at radius 2 is 1.75 bits per heavy atom. The van der Waals surface area contributed by atoms with Gasteiger partial charge < -0.3 is 9.47 Å². The Kier molecular flexibility index (Phi) is 6.19. The highest BCUT2D eigenvalue weighted by Gasteiger charge is 2.11. The first-order chi connectivity index (χ1) is 11.5. The van der Waals surface area contributed by atoms with Crippen LogP contribution in [0, 0.1) is 6.92 Å². The summed E-state index contributed by atoms with van der Waals surface area (Å²) in [5.41, 5.74) is 4.30. The van der Waals surface area contributed by atoms with Crippen LogP contribution in [0.4, 0.5) is 0 Å². The molecule has 0 saturated carbocycles. The standard InChI is InChI=1S/C21H24O3/c1-15(2)21(22)24-17(4)23-20-13-10-18(11-14-20)9-12-19-8-6-5-7-16(19)3/h5-8,10-11,13-14,17H,1,9,12H2,2-4H3. The maximum absolute atomic E-state index is 11.4. The van der Waals surface area contributed by atoms with E-state index < -0.39 is 12.3 Å². The number of hydrogen-bond acceptors (Lipinski definition) is 3. The smallest absolute Gasteiger partial charge is 0.336 e. The summed E-state index contributed by atoms with van der Waals surface area (Å²) in [6, 6.07) is 16.3. The van der Waals surface area contributed by atoms with Gasteiger partial charge in [-0.1, -0.05) is 43.0 Å². The third-order valence-electron chi connectivity index (χ3n) is 3.79. The first-order valence-corrected chi connectivity index (χ1v) is 8.12. The largest absolute Gasteiger partial charge is 0.455 e. The third kappa shape index (κ3) is 5.27. The monoisotopic (exact) mass is 324 g/mol. The maximum Gasteiger partial charge on any atom is 0.336 e. The number of ether oxygens (including phenoxy) is 2. The summed E-state index contributed by atoms with van der Waals surface area (Å²) >= 11 is 0. The van der Waals surface area contributed by atoms with Gasteiger partial charge in [-0.3, -0.25) is 0 Å². The molecule has 3 nitrogen and oxygen atoms in total. The quantitative estimate of drug-likeness (QED) is 0.423. The van der Waals surface area contributed by atoms with Crippen molar-refractivity contribution in [3.05, 3.63) is 77.4 Å². The van der Waals surface area contributed by atoms with Crippen molar-refractivity contribution in [2.75, 3.05) is 0 Å². The predicted molar refractivity (Wildman–Crippen MR) is 96.0 cm³/mol. The number of hydrogen-bond donors (Lipinski definition) is 0. The molecule has 2 aromatic rings. The molecule has 1 unspecified atom stereocenters. The van der Waals surface area contributed by atoms with Crippen molar-refractivity contribution >= 4 is 5.97 Å². The van der Waals surface area contributed by atoms with E-state index in [9.17, 15) is 4.79 Å². The van der Waals surface area contributed by atoms with Gasteiger partial charge in [0.2, 0.25) is 6.29 Å². The fraction of sp³-hybridized carbons (Fsp3) is 0.286. The Labute approximate surface area is 143 Å². The first kappa shape index (κ1) is 17.8. The minimum Gasteiger partial charge on any atom is -0.455 e. The van der Waals surface area contributed by atoms with Crippen LogP contribution in [-0.4, -0.2) is 12.3 Å². The lowest BCUT2D eigenvalue weighted by Gasteiger charge is -2.15. The highest BCUT2D eigenvalue weighted by Crippen LogP contribution is 2.17. The zero-order valence-electron chi connectivity index (χ0n) is 14.5. The Morgan fingerprint density at radius 1 is 1.08 bits per heavy atom. The molecular formula is C21H24O3. The van der Waals surface area contributed by atoms with Crippen LogP contribution < -0.4 is 4.74 Å². The summed E-state index contributed by atoms with van der Waals surface area (Å²) in [6.07, 6.45) is 1.34. The topological polar surface area (TPSA) is 35.5 Å². The SMILES string of the molecule is C=C(C)C(=O)OC(C)Oc1ccc(CCc2ccccc2C)cc1. The molecule has 24 heavy (non-hydrogen) atoms. The molecule has 2 rings (SSSR count). The summed E-state index contributed by atoms with van der Waals surface area (Å²) in [4.78, 5) is 11.4. The van der Waals surface area contributed by atoms with Crippen LogP contribution in [0.2, 0.25) is 0 Å². The van der Waals surface area contributed by atoms with Gasteiger partial charge in [-0.05, 0) is 55.5 Å². The molecule has 0 aliphatic heterocycles. The molecule has 126 valence electrons. The van der Waals surface area contributed by atoms with E-state index in [0.29, 0.717) is 11.3 Å². The van der Waals surface area contributed by atoms with E-state index in [4.69, 9.17) is 9.47 Å². The Hall–Kier alpha value is -2.55. The Bertz CT molecular complexity index is 701. The van der Waals surface area contributed by atoms with Crippen molar-refractivity contribution in [1.82, 2.24) is 0 Å². The average Bonchev–Trinajstić information content (AvgIpc) is 2.55. The van der Waals surface area contributed by atoms with Gasteiger partial charge in [0.15, 0.2) is 0 Å². The van der Waals surface area contributed by atoms with E-state index >= 15 is 0 Å². The lowest BCUT2D eigenvalue weighted by molar-refractivity contribution is -0.156. The van der Waals surface area contributed by atoms with Crippen LogP contribution in [0.25, 0.3) is 0 Å². The van der Waals surface area contributed by atoms with Gasteiger partial charge in [-0.2, -0.15) is 0 Å². The molecule has 0 aliphatic rings. The number of rotatable bonds is 7. The van der Waals surface area contributed by atoms with E-state index in [1.807, 2.05) is 24.3 Å². The molecule has 0 heterocycles. The van der Waals surface area contributed by atoms with Gasteiger partial charge in [0.1, 0.15) is 5.75 Å². The van der Waals surface area contributed by atoms with E-state index in [0.717, 1.165) is 12.8 Å². The maximum atomic E-state index is 11.4. The van der Waals surface area contributed by atoms with E-state index in [2.05, 4.69) is 37.8 Å². The molecule has 0 fully saturated rings. The molecule has 0 aliphatic carbocycles. The van der Waals surface area contributed by atoms with E-state index in [1.54, 1.807) is 13.8 Å². The molecule has 0 bridgehead atoms. The highest BCUT2D eigenvalue weighted by molar-refractivity contribution is 5.87. The molecule has 3 heteroatoms. The van der Waals surface area contributed by atoms with Crippen LogP contribution in [0.15, 0.2) is 60.7 Å². The van der Waals surface area contributed by atoms with Crippen molar-refractivity contribution in [1.29, 1.82) is 0 Å². The fourth-order valence-corrected chi connectivity index (χ4v) is 2.37. The normalized spacial score (nSPS) is 11.6. The van der Waals surface area contributed by atoms with E-state index in [-0.39, 0.29) is 0 Å². The molecule has 0 aromatic heterocycles. The summed E-state index contributed by atoms with van der Waals surface area (Å²) in [7, 11) is 0. The van der Waals surface area contributed by atoms with Gasteiger partial charge >= 0.3 is 5.97 Å². The summed E-state index contributed by atoms with van der Waals surface area (Å²) in [5, 5.41) is 0. The van der Waals surface area contributed by atoms with Crippen molar-refractivity contribution in [3.63, 3.8) is 0 Å². The zero-order valence-corrected chi connectivity index (χ0v) is 14.5. The average molecular weight is 324 g/mol. The molecule has 0 N–H and O–H groups in total. The van der Waals surface area contributed by atoms with Crippen molar-refractivity contribution in [3.8, 4) is 5.75 Å². The Balaban J connectivity index is 1.87. The number of carbonyl (C=O) groups excluding carboxylic acids is 1. The molecule has 2 aromatic carbocycles. The van der Waals surface area contributed by atoms with Crippen molar-refractivity contribution in [2.24, 2.45) is 0 Å². The van der Waals surface area contributed by atoms with Crippen LogP contribution >= 0.6 is 0 Å². The molecule has 0 amide bonds. The molecule has 1 atom stereocenters. The third-order valence-corrected chi connectivity index (χ3v) is 3.79. The second-order valence-electron chi connectivity index (χ2n) is 5.94. The van der Waals surface area contributed by atoms with Crippen LogP contribution in [0.5, 0.6) is 5.75 Å². The minimum atomic E-state index is -0.646. The Morgan fingerprint density at radius 3 is 2.38 bits per heavy atom. The van der Waals surface area contributed by atoms with Gasteiger partial charge in [-0.25, -0.2) is 4.79 Å². The second kappa shape index (κ2) is 8.34. The van der Waals surface area contributed by atoms with Crippen LogP contribution in [0.3, 0.4) is 0 Å². The van der Waals surface area contributed by atoms with Gasteiger partial charge in [0.05, 0.1) is 0 Å². The number of carbonyl (C=O) groups is 1. The first-order valence-electron chi connectivity index (χ1n) is 8.12. The minimum absolute atomic E-state index is 0.358. The van der Waals surface area contributed by atoms with Crippen LogP contribution in [-0.2, 0) is 22.4 Å². The van der Waals surface area contributed by atoms with Gasteiger partial charge in [0, 0.05) is 12.5 Å². The van der Waals surface area contributed by atoms with Crippen LogP contribution in [0.1, 0.15) is 30.5 Å². The van der Waals surface area contributed by atoms with Crippen molar-refractivity contribution in [2.45, 2.75) is 39.9 Å². The van der Waals surface area contributed by atoms with Gasteiger partial charge in [-0.15, -0.1) is 0 Å². The summed E-state index contributed by atoms with van der Waals surface area (Å²) in [5.74, 6) is 0.231. The second-order valence-corrected chi connectivity index (χ2v) is 5.94.